The smallest absolute Gasteiger partial charge is 0.339 e. The molecular weight excluding hydrogens is 408 g/mol. The molecule has 1 heterocycles. The molecule has 0 aliphatic carbocycles. The molecule has 154 valence electrons. The monoisotopic (exact) mass is 426 g/mol. The van der Waals surface area contributed by atoms with Crippen LogP contribution in [0.1, 0.15) is 40.3 Å². The number of rotatable bonds is 6. The van der Waals surface area contributed by atoms with E-state index in [0.717, 1.165) is 0 Å². The Morgan fingerprint density at radius 3 is 2.63 bits per heavy atom. The zero-order valence-electron chi connectivity index (χ0n) is 16.3. The zero-order chi connectivity index (χ0) is 21.7. The second kappa shape index (κ2) is 9.28. The molecule has 1 amide bonds. The molecule has 0 unspecified atom stereocenters. The fourth-order valence-corrected chi connectivity index (χ4v) is 2.80. The number of amides is 1. The minimum atomic E-state index is -0.565. The normalized spacial score (nSPS) is 11.1. The molecule has 0 radical (unpaired) electrons. The van der Waals surface area contributed by atoms with E-state index in [0.29, 0.717) is 27.7 Å². The lowest BCUT2D eigenvalue weighted by atomic mass is 10.1. The first-order valence-corrected chi connectivity index (χ1v) is 9.45. The topological polar surface area (TPSA) is 101 Å². The summed E-state index contributed by atoms with van der Waals surface area (Å²) in [5.74, 6) is -0.470. The standard InChI is InChI=1S/C22H19ClN2O5/c1-13(2)29-22(28)16-9-7-14(23)11-18(16)20-10-8-15(30-20)12-24-25-21(27)17-5-3-4-6-19(17)26/h3-13,26H,1-2H3,(H,25,27)/b24-12-. The molecule has 0 aliphatic heterocycles. The molecule has 0 saturated carbocycles. The predicted molar refractivity (Wildman–Crippen MR) is 113 cm³/mol. The molecule has 0 fully saturated rings. The van der Waals surface area contributed by atoms with Crippen molar-refractivity contribution in [1.29, 1.82) is 0 Å². The zero-order valence-corrected chi connectivity index (χ0v) is 17.0. The third kappa shape index (κ3) is 5.07. The van der Waals surface area contributed by atoms with Crippen LogP contribution < -0.4 is 5.43 Å². The van der Waals surface area contributed by atoms with Gasteiger partial charge in [0.25, 0.3) is 5.91 Å². The number of carbonyl (C=O) groups is 2. The molecule has 30 heavy (non-hydrogen) atoms. The highest BCUT2D eigenvalue weighted by Gasteiger charge is 2.18. The van der Waals surface area contributed by atoms with Crippen LogP contribution in [0.25, 0.3) is 11.3 Å². The highest BCUT2D eigenvalue weighted by molar-refractivity contribution is 6.31. The molecular formula is C22H19ClN2O5. The van der Waals surface area contributed by atoms with Crippen molar-refractivity contribution in [1.82, 2.24) is 5.43 Å². The quantitative estimate of drug-likeness (QED) is 0.340. The predicted octanol–water partition coefficient (Wildman–Crippen LogP) is 4.63. The fraction of sp³-hybridized carbons (Fsp3) is 0.136. The number of esters is 1. The van der Waals surface area contributed by atoms with Crippen LogP contribution in [0, 0.1) is 0 Å². The molecule has 3 aromatic rings. The first-order valence-electron chi connectivity index (χ1n) is 9.07. The molecule has 2 N–H and O–H groups in total. The van der Waals surface area contributed by atoms with E-state index in [1.807, 2.05) is 0 Å². The molecule has 7 nitrogen and oxygen atoms in total. The molecule has 3 rings (SSSR count). The summed E-state index contributed by atoms with van der Waals surface area (Å²) < 4.78 is 11.0. The summed E-state index contributed by atoms with van der Waals surface area (Å²) in [4.78, 5) is 24.4. The van der Waals surface area contributed by atoms with Crippen molar-refractivity contribution in [3.63, 3.8) is 0 Å². The lowest BCUT2D eigenvalue weighted by Gasteiger charge is -2.11. The number of aromatic hydroxyl groups is 1. The number of ether oxygens (including phenoxy) is 1. The van der Waals surface area contributed by atoms with E-state index in [2.05, 4.69) is 10.5 Å². The van der Waals surface area contributed by atoms with Gasteiger partial charge in [0.05, 0.1) is 23.4 Å². The van der Waals surface area contributed by atoms with Crippen molar-refractivity contribution in [2.75, 3.05) is 0 Å². The number of phenols is 1. The van der Waals surface area contributed by atoms with Crippen molar-refractivity contribution in [3.05, 3.63) is 76.5 Å². The lowest BCUT2D eigenvalue weighted by Crippen LogP contribution is -2.17. The van der Waals surface area contributed by atoms with Crippen LogP contribution in [0.3, 0.4) is 0 Å². The Balaban J connectivity index is 1.77. The van der Waals surface area contributed by atoms with Gasteiger partial charge in [-0.1, -0.05) is 23.7 Å². The van der Waals surface area contributed by atoms with Crippen molar-refractivity contribution in [2.45, 2.75) is 20.0 Å². The van der Waals surface area contributed by atoms with E-state index in [-0.39, 0.29) is 17.4 Å². The number of para-hydroxylation sites is 1. The second-order valence-corrected chi connectivity index (χ2v) is 7.00. The Hall–Kier alpha value is -3.58. The molecule has 0 saturated heterocycles. The summed E-state index contributed by atoms with van der Waals surface area (Å²) in [6.45, 7) is 3.52. The minimum Gasteiger partial charge on any atom is -0.507 e. The Labute approximate surface area is 177 Å². The van der Waals surface area contributed by atoms with E-state index in [4.69, 9.17) is 20.8 Å². The van der Waals surface area contributed by atoms with Gasteiger partial charge in [-0.25, -0.2) is 10.2 Å². The lowest BCUT2D eigenvalue weighted by molar-refractivity contribution is 0.0378. The number of benzene rings is 2. The van der Waals surface area contributed by atoms with Gasteiger partial charge in [-0.15, -0.1) is 0 Å². The second-order valence-electron chi connectivity index (χ2n) is 6.56. The number of nitrogens with one attached hydrogen (secondary N) is 1. The number of hydrogen-bond donors (Lipinski definition) is 2. The van der Waals surface area contributed by atoms with E-state index in [1.54, 1.807) is 56.3 Å². The van der Waals surface area contributed by atoms with Crippen molar-refractivity contribution < 1.29 is 23.8 Å². The summed E-state index contributed by atoms with van der Waals surface area (Å²) >= 11 is 6.09. The Morgan fingerprint density at radius 2 is 1.90 bits per heavy atom. The van der Waals surface area contributed by atoms with Gasteiger partial charge >= 0.3 is 5.97 Å². The van der Waals surface area contributed by atoms with Gasteiger partial charge in [0.2, 0.25) is 0 Å². The molecule has 1 aromatic heterocycles. The Kier molecular flexibility index (Phi) is 6.54. The number of carbonyl (C=O) groups excluding carboxylic acids is 2. The molecule has 8 heteroatoms. The average Bonchev–Trinajstić information content (AvgIpc) is 3.16. The molecule has 2 aromatic carbocycles. The van der Waals surface area contributed by atoms with Crippen LogP contribution in [0.4, 0.5) is 0 Å². The Bertz CT molecular complexity index is 1100. The highest BCUT2D eigenvalue weighted by Crippen LogP contribution is 2.29. The van der Waals surface area contributed by atoms with Crippen molar-refractivity contribution in [3.8, 4) is 17.1 Å². The van der Waals surface area contributed by atoms with Gasteiger partial charge in [-0.3, -0.25) is 4.79 Å². The van der Waals surface area contributed by atoms with Gasteiger partial charge in [0.1, 0.15) is 17.3 Å². The Morgan fingerprint density at radius 1 is 1.13 bits per heavy atom. The number of hydrogen-bond acceptors (Lipinski definition) is 6. The summed E-state index contributed by atoms with van der Waals surface area (Å²) in [5, 5.41) is 14.0. The van der Waals surface area contributed by atoms with Crippen LogP contribution in [0.2, 0.25) is 5.02 Å². The van der Waals surface area contributed by atoms with E-state index in [1.165, 1.54) is 18.3 Å². The maximum atomic E-state index is 12.4. The van der Waals surface area contributed by atoms with E-state index in [9.17, 15) is 14.7 Å². The first-order chi connectivity index (χ1) is 14.3. The molecule has 0 atom stereocenters. The maximum absolute atomic E-state index is 12.4. The maximum Gasteiger partial charge on any atom is 0.339 e. The van der Waals surface area contributed by atoms with Gasteiger partial charge in [-0.05, 0) is 56.3 Å². The van der Waals surface area contributed by atoms with Crippen molar-refractivity contribution >= 4 is 29.7 Å². The number of phenolic OH excluding ortho intramolecular Hbond substituents is 1. The number of hydrazone groups is 1. The minimum absolute atomic E-state index is 0.0991. The largest absolute Gasteiger partial charge is 0.507 e. The summed E-state index contributed by atoms with van der Waals surface area (Å²) in [7, 11) is 0. The van der Waals surface area contributed by atoms with Crippen LogP contribution in [-0.2, 0) is 4.74 Å². The summed E-state index contributed by atoms with van der Waals surface area (Å²) in [5.41, 5.74) is 3.21. The third-order valence-corrected chi connectivity index (χ3v) is 4.18. The van der Waals surface area contributed by atoms with E-state index >= 15 is 0 Å². The van der Waals surface area contributed by atoms with Crippen LogP contribution in [0.15, 0.2) is 64.1 Å². The van der Waals surface area contributed by atoms with Gasteiger partial charge in [-0.2, -0.15) is 5.10 Å². The van der Waals surface area contributed by atoms with Crippen LogP contribution in [0.5, 0.6) is 5.75 Å². The first kappa shape index (κ1) is 21.1. The summed E-state index contributed by atoms with van der Waals surface area (Å²) in [6.07, 6.45) is 1.03. The fourth-order valence-electron chi connectivity index (χ4n) is 2.62. The SMILES string of the molecule is CC(C)OC(=O)c1ccc(Cl)cc1-c1ccc(/C=N\NC(=O)c2ccccc2O)o1. The number of halogens is 1. The summed E-state index contributed by atoms with van der Waals surface area (Å²) in [6, 6.07) is 14.2. The van der Waals surface area contributed by atoms with Gasteiger partial charge in [0, 0.05) is 10.6 Å². The van der Waals surface area contributed by atoms with Crippen LogP contribution in [-0.4, -0.2) is 29.3 Å². The molecule has 0 spiro atoms. The van der Waals surface area contributed by atoms with Gasteiger partial charge in [0.15, 0.2) is 0 Å². The van der Waals surface area contributed by atoms with Crippen molar-refractivity contribution in [2.24, 2.45) is 5.10 Å². The highest BCUT2D eigenvalue weighted by atomic mass is 35.5. The average molecular weight is 427 g/mol. The molecule has 0 bridgehead atoms. The number of nitrogens with zero attached hydrogens (tertiary/aromatic N) is 1. The van der Waals surface area contributed by atoms with Crippen LogP contribution >= 0.6 is 11.6 Å². The number of furan rings is 1. The van der Waals surface area contributed by atoms with Gasteiger partial charge < -0.3 is 14.3 Å². The molecule has 0 aliphatic rings. The third-order valence-electron chi connectivity index (χ3n) is 3.94. The van der Waals surface area contributed by atoms with E-state index < -0.39 is 11.9 Å².